The van der Waals surface area contributed by atoms with Crippen molar-refractivity contribution in [3.05, 3.63) is 65.7 Å². The number of amides is 3. The van der Waals surface area contributed by atoms with E-state index in [1.54, 1.807) is 12.1 Å². The second kappa shape index (κ2) is 11.4. The van der Waals surface area contributed by atoms with Crippen molar-refractivity contribution in [2.24, 2.45) is 23.7 Å². The molecule has 1 N–H and O–H groups in total. The minimum Gasteiger partial charge on any atom is -0.462 e. The highest BCUT2D eigenvalue weighted by Gasteiger charge is 2.62. The molecule has 5 rings (SSSR count). The topological polar surface area (TPSA) is 119 Å². The van der Waals surface area contributed by atoms with Crippen molar-refractivity contribution in [3.8, 4) is 0 Å². The van der Waals surface area contributed by atoms with E-state index in [1.165, 1.54) is 12.1 Å². The van der Waals surface area contributed by atoms with Crippen LogP contribution < -0.4 is 5.32 Å². The maximum atomic E-state index is 13.4. The number of likely N-dealkylation sites (tertiary alicyclic amines) is 1. The predicted octanol–water partition coefficient (Wildman–Crippen LogP) is 3.38. The highest BCUT2D eigenvalue weighted by molar-refractivity contribution is 6.08. The quantitative estimate of drug-likeness (QED) is 0.368. The summed E-state index contributed by atoms with van der Waals surface area (Å²) in [5.41, 5.74) is 1.55. The molecule has 2 saturated carbocycles. The second-order valence-corrected chi connectivity index (χ2v) is 10.5. The van der Waals surface area contributed by atoms with Crippen molar-refractivity contribution in [3.63, 3.8) is 0 Å². The van der Waals surface area contributed by atoms with Crippen LogP contribution in [-0.2, 0) is 35.1 Å². The lowest BCUT2D eigenvalue weighted by Gasteiger charge is -2.26. The highest BCUT2D eigenvalue weighted by Crippen LogP contribution is 2.56. The lowest BCUT2D eigenvalue weighted by atomic mass is 9.81. The van der Waals surface area contributed by atoms with E-state index in [0.717, 1.165) is 29.7 Å². The van der Waals surface area contributed by atoms with Crippen LogP contribution in [0.2, 0.25) is 0 Å². The van der Waals surface area contributed by atoms with Crippen molar-refractivity contribution in [2.75, 3.05) is 18.5 Å². The van der Waals surface area contributed by atoms with Gasteiger partial charge in [-0.15, -0.1) is 0 Å². The van der Waals surface area contributed by atoms with Gasteiger partial charge in [-0.2, -0.15) is 0 Å². The zero-order valence-corrected chi connectivity index (χ0v) is 21.8. The number of ether oxygens (including phenoxy) is 2. The molecule has 0 aromatic heterocycles. The third kappa shape index (κ3) is 5.44. The van der Waals surface area contributed by atoms with Gasteiger partial charge in [0.1, 0.15) is 6.04 Å². The fraction of sp³-hybridized carbons (Fsp3) is 0.433. The summed E-state index contributed by atoms with van der Waals surface area (Å²) in [5.74, 6) is -2.73. The van der Waals surface area contributed by atoms with Crippen LogP contribution in [-0.4, -0.2) is 53.8 Å². The van der Waals surface area contributed by atoms with Crippen molar-refractivity contribution in [2.45, 2.75) is 45.1 Å². The molecule has 3 aliphatic rings. The molecular weight excluding hydrogens is 500 g/mol. The van der Waals surface area contributed by atoms with E-state index in [1.807, 2.05) is 37.3 Å². The number of hydrogen-bond donors (Lipinski definition) is 1. The van der Waals surface area contributed by atoms with Crippen molar-refractivity contribution >= 4 is 35.3 Å². The first-order valence-corrected chi connectivity index (χ1v) is 13.5. The Hall–Kier alpha value is -4.01. The summed E-state index contributed by atoms with van der Waals surface area (Å²) >= 11 is 0. The standard InChI is InChI=1S/C30H32N2O7/c1-2-14-38-29(36)19-10-12-22(13-11-19)31-24(33)17-39-30(37)23(15-18-6-4-3-5-7-18)32-27(34)25-20-8-9-21(16-20)26(25)28(32)35/h3-7,10-13,20-21,23,25-26H,2,8-9,14-17H2,1H3,(H,31,33)/t20-,21-,23-,25+,26+/m0/s1. The van der Waals surface area contributed by atoms with E-state index >= 15 is 0 Å². The molecule has 5 atom stereocenters. The smallest absolute Gasteiger partial charge is 0.338 e. The number of fused-ring (bicyclic) bond motifs is 5. The fourth-order valence-corrected chi connectivity index (χ4v) is 6.25. The Kier molecular flexibility index (Phi) is 7.77. The van der Waals surface area contributed by atoms with Gasteiger partial charge in [0.25, 0.3) is 5.91 Å². The normalized spacial score (nSPS) is 23.9. The largest absolute Gasteiger partial charge is 0.462 e. The molecule has 39 heavy (non-hydrogen) atoms. The van der Waals surface area contributed by atoms with E-state index < -0.39 is 30.5 Å². The Morgan fingerprint density at radius 1 is 0.923 bits per heavy atom. The molecule has 1 aliphatic heterocycles. The van der Waals surface area contributed by atoms with Crippen LogP contribution in [0.4, 0.5) is 5.69 Å². The van der Waals surface area contributed by atoms with Crippen LogP contribution in [0.15, 0.2) is 54.6 Å². The van der Waals surface area contributed by atoms with Gasteiger partial charge in [0.05, 0.1) is 24.0 Å². The molecule has 0 unspecified atom stereocenters. The van der Waals surface area contributed by atoms with Crippen LogP contribution in [0.25, 0.3) is 0 Å². The number of benzene rings is 2. The average Bonchev–Trinajstić information content (AvgIpc) is 3.64. The van der Waals surface area contributed by atoms with Gasteiger partial charge in [-0.3, -0.25) is 19.3 Å². The molecular formula is C30H32N2O7. The lowest BCUT2D eigenvalue weighted by Crippen LogP contribution is -2.48. The van der Waals surface area contributed by atoms with Crippen molar-refractivity contribution in [1.82, 2.24) is 4.90 Å². The Balaban J connectivity index is 1.24. The first kappa shape index (κ1) is 26.6. The molecule has 2 aliphatic carbocycles. The van der Waals surface area contributed by atoms with E-state index in [0.29, 0.717) is 24.3 Å². The lowest BCUT2D eigenvalue weighted by molar-refractivity contribution is -0.160. The summed E-state index contributed by atoms with van der Waals surface area (Å²) < 4.78 is 10.4. The molecule has 204 valence electrons. The Morgan fingerprint density at radius 2 is 1.56 bits per heavy atom. The third-order valence-corrected chi connectivity index (χ3v) is 8.00. The Morgan fingerprint density at radius 3 is 2.18 bits per heavy atom. The zero-order chi connectivity index (χ0) is 27.5. The minimum absolute atomic E-state index is 0.114. The van der Waals surface area contributed by atoms with Gasteiger partial charge in [0, 0.05) is 12.1 Å². The maximum absolute atomic E-state index is 13.4. The molecule has 2 aromatic rings. The summed E-state index contributed by atoms with van der Waals surface area (Å²) in [6.45, 7) is 1.64. The second-order valence-electron chi connectivity index (χ2n) is 10.5. The van der Waals surface area contributed by atoms with Crippen LogP contribution in [0.5, 0.6) is 0 Å². The molecule has 9 heteroatoms. The summed E-state index contributed by atoms with van der Waals surface area (Å²) in [6.07, 6.45) is 3.60. The van der Waals surface area contributed by atoms with Crippen molar-refractivity contribution in [1.29, 1.82) is 0 Å². The molecule has 1 saturated heterocycles. The number of nitrogens with zero attached hydrogens (tertiary/aromatic N) is 1. The number of carbonyl (C=O) groups is 5. The molecule has 3 fully saturated rings. The number of esters is 2. The number of imide groups is 1. The first-order valence-electron chi connectivity index (χ1n) is 13.5. The Labute approximate surface area is 226 Å². The summed E-state index contributed by atoms with van der Waals surface area (Å²) in [5, 5.41) is 2.62. The van der Waals surface area contributed by atoms with Gasteiger partial charge >= 0.3 is 11.9 Å². The van der Waals surface area contributed by atoms with Crippen LogP contribution in [0, 0.1) is 23.7 Å². The van der Waals surface area contributed by atoms with Gasteiger partial charge in [0.2, 0.25) is 11.8 Å². The first-order chi connectivity index (χ1) is 18.9. The Bertz CT molecular complexity index is 1230. The van der Waals surface area contributed by atoms with Crippen molar-refractivity contribution < 1.29 is 33.4 Å². The summed E-state index contributed by atoms with van der Waals surface area (Å²) in [7, 11) is 0. The number of nitrogens with one attached hydrogen (secondary N) is 1. The van der Waals surface area contributed by atoms with Gasteiger partial charge in [-0.25, -0.2) is 9.59 Å². The van der Waals surface area contributed by atoms with E-state index in [4.69, 9.17) is 9.47 Å². The summed E-state index contributed by atoms with van der Waals surface area (Å²) in [4.78, 5) is 65.7. The number of carbonyl (C=O) groups excluding carboxylic acids is 5. The van der Waals surface area contributed by atoms with E-state index in [-0.39, 0.29) is 41.9 Å². The number of hydrogen-bond acceptors (Lipinski definition) is 7. The fourth-order valence-electron chi connectivity index (χ4n) is 6.25. The van der Waals surface area contributed by atoms with Crippen LogP contribution >= 0.6 is 0 Å². The SMILES string of the molecule is CCCOC(=O)c1ccc(NC(=O)COC(=O)[C@H](Cc2ccccc2)N2C(=O)[C@@H]3[C@H]4CC[C@@H](C4)[C@H]3C2=O)cc1. The van der Waals surface area contributed by atoms with Gasteiger partial charge in [-0.05, 0) is 67.3 Å². The zero-order valence-electron chi connectivity index (χ0n) is 21.8. The maximum Gasteiger partial charge on any atom is 0.338 e. The predicted molar refractivity (Wildman–Crippen MR) is 140 cm³/mol. The molecule has 1 heterocycles. The molecule has 9 nitrogen and oxygen atoms in total. The minimum atomic E-state index is -1.14. The van der Waals surface area contributed by atoms with E-state index in [9.17, 15) is 24.0 Å². The summed E-state index contributed by atoms with van der Waals surface area (Å²) in [6, 6.07) is 14.2. The third-order valence-electron chi connectivity index (χ3n) is 8.00. The molecule has 3 amide bonds. The highest BCUT2D eigenvalue weighted by atomic mass is 16.5. The van der Waals surface area contributed by atoms with Gasteiger partial charge < -0.3 is 14.8 Å². The number of anilines is 1. The van der Waals surface area contributed by atoms with E-state index in [2.05, 4.69) is 5.32 Å². The van der Waals surface area contributed by atoms with Crippen LogP contribution in [0.3, 0.4) is 0 Å². The van der Waals surface area contributed by atoms with Crippen LogP contribution in [0.1, 0.15) is 48.5 Å². The molecule has 2 aromatic carbocycles. The van der Waals surface area contributed by atoms with Gasteiger partial charge in [-0.1, -0.05) is 37.3 Å². The molecule has 0 spiro atoms. The molecule has 2 bridgehead atoms. The average molecular weight is 533 g/mol. The molecule has 0 radical (unpaired) electrons. The monoisotopic (exact) mass is 532 g/mol. The number of rotatable bonds is 10. The van der Waals surface area contributed by atoms with Gasteiger partial charge in [0.15, 0.2) is 6.61 Å².